The normalized spacial score (nSPS) is 27.9. The van der Waals surface area contributed by atoms with Crippen molar-refractivity contribution < 1.29 is 14.3 Å². The zero-order valence-electron chi connectivity index (χ0n) is 13.2. The lowest BCUT2D eigenvalue weighted by Crippen LogP contribution is -2.62. The maximum Gasteiger partial charge on any atom is 0.136 e. The molecule has 2 N–H and O–H groups in total. The first kappa shape index (κ1) is 15.5. The van der Waals surface area contributed by atoms with Crippen LogP contribution in [0.25, 0.3) is 0 Å². The number of rotatable bonds is 6. The summed E-state index contributed by atoms with van der Waals surface area (Å²) in [5.74, 6) is 1.43. The van der Waals surface area contributed by atoms with Gasteiger partial charge in [0.25, 0.3) is 0 Å². The zero-order chi connectivity index (χ0) is 15.0. The van der Waals surface area contributed by atoms with E-state index in [0.29, 0.717) is 24.5 Å². The van der Waals surface area contributed by atoms with Crippen LogP contribution in [0.5, 0.6) is 0 Å². The lowest BCUT2D eigenvalue weighted by molar-refractivity contribution is -0.118. The molecule has 2 rings (SSSR count). The number of ether oxygens (including phenoxy) is 1. The highest BCUT2D eigenvalue weighted by Gasteiger charge is 2.49. The first-order valence-corrected chi connectivity index (χ1v) is 7.41. The molecule has 0 radical (unpaired) electrons. The molecule has 20 heavy (non-hydrogen) atoms. The van der Waals surface area contributed by atoms with Crippen molar-refractivity contribution in [1.29, 1.82) is 0 Å². The highest BCUT2D eigenvalue weighted by atomic mass is 16.5. The van der Waals surface area contributed by atoms with Gasteiger partial charge in [-0.15, -0.1) is 0 Å². The van der Waals surface area contributed by atoms with Crippen LogP contribution in [0.4, 0.5) is 0 Å². The van der Waals surface area contributed by atoms with E-state index in [1.807, 2.05) is 26.0 Å². The summed E-state index contributed by atoms with van der Waals surface area (Å²) in [5, 5.41) is 14.0. The maximum absolute atomic E-state index is 10.5. The fourth-order valence-electron chi connectivity index (χ4n) is 2.85. The second-order valence-electron chi connectivity index (χ2n) is 6.62. The molecule has 1 saturated carbocycles. The van der Waals surface area contributed by atoms with E-state index in [1.165, 1.54) is 0 Å². The predicted molar refractivity (Wildman–Crippen MR) is 78.6 cm³/mol. The number of furan rings is 1. The van der Waals surface area contributed by atoms with Crippen LogP contribution in [0.2, 0.25) is 0 Å². The quantitative estimate of drug-likeness (QED) is 0.841. The Bertz CT molecular complexity index is 450. The van der Waals surface area contributed by atoms with E-state index in [0.717, 1.165) is 18.8 Å². The molecular formula is C16H27NO3. The van der Waals surface area contributed by atoms with Gasteiger partial charge in [-0.1, -0.05) is 13.8 Å². The standard InChI is InChI=1S/C16H27NO3/c1-6-19-14-9-12(15(14,3)4)17-10-16(5,18)13-8-7-11(2)20-13/h7-8,12,14,17-18H,6,9-10H2,1-5H3. The molecule has 1 aliphatic rings. The van der Waals surface area contributed by atoms with Crippen LogP contribution in [0.15, 0.2) is 16.5 Å². The minimum atomic E-state index is -0.985. The molecule has 4 nitrogen and oxygen atoms in total. The SMILES string of the molecule is CCOC1CC(NCC(C)(O)c2ccc(C)o2)C1(C)C. The van der Waals surface area contributed by atoms with Crippen LogP contribution in [-0.2, 0) is 10.3 Å². The van der Waals surface area contributed by atoms with Crippen molar-refractivity contribution in [3.05, 3.63) is 23.7 Å². The van der Waals surface area contributed by atoms with Crippen molar-refractivity contribution in [3.8, 4) is 0 Å². The van der Waals surface area contributed by atoms with Crippen molar-refractivity contribution in [2.45, 2.75) is 58.8 Å². The van der Waals surface area contributed by atoms with E-state index < -0.39 is 5.60 Å². The third-order valence-electron chi connectivity index (χ3n) is 4.51. The molecule has 0 aromatic carbocycles. The monoisotopic (exact) mass is 281 g/mol. The summed E-state index contributed by atoms with van der Waals surface area (Å²) in [6, 6.07) is 4.08. The molecule has 1 aromatic rings. The van der Waals surface area contributed by atoms with Crippen molar-refractivity contribution in [1.82, 2.24) is 5.32 Å². The van der Waals surface area contributed by atoms with Crippen molar-refractivity contribution in [3.63, 3.8) is 0 Å². The van der Waals surface area contributed by atoms with Crippen molar-refractivity contribution in [2.24, 2.45) is 5.41 Å². The molecule has 1 fully saturated rings. The minimum Gasteiger partial charge on any atom is -0.463 e. The minimum absolute atomic E-state index is 0.102. The molecule has 0 bridgehead atoms. The molecule has 0 spiro atoms. The van der Waals surface area contributed by atoms with Gasteiger partial charge in [0.1, 0.15) is 17.1 Å². The van der Waals surface area contributed by atoms with Crippen LogP contribution in [0.1, 0.15) is 45.6 Å². The summed E-state index contributed by atoms with van der Waals surface area (Å²) in [7, 11) is 0. The van der Waals surface area contributed by atoms with E-state index in [-0.39, 0.29) is 5.41 Å². The fraction of sp³-hybridized carbons (Fsp3) is 0.750. The Hall–Kier alpha value is -0.840. The van der Waals surface area contributed by atoms with E-state index in [4.69, 9.17) is 9.15 Å². The Morgan fingerprint density at radius 1 is 1.50 bits per heavy atom. The second kappa shape index (κ2) is 5.51. The van der Waals surface area contributed by atoms with Gasteiger partial charge in [-0.3, -0.25) is 0 Å². The Morgan fingerprint density at radius 2 is 2.20 bits per heavy atom. The van der Waals surface area contributed by atoms with Gasteiger partial charge >= 0.3 is 0 Å². The fourth-order valence-corrected chi connectivity index (χ4v) is 2.85. The summed E-state index contributed by atoms with van der Waals surface area (Å²) in [6.45, 7) is 11.3. The molecule has 1 aliphatic carbocycles. The highest BCUT2D eigenvalue weighted by molar-refractivity contribution is 5.13. The van der Waals surface area contributed by atoms with Crippen LogP contribution in [0, 0.1) is 12.3 Å². The predicted octanol–water partition coefficient (Wildman–Crippen LogP) is 2.59. The van der Waals surface area contributed by atoms with Gasteiger partial charge in [0.05, 0.1) is 6.10 Å². The van der Waals surface area contributed by atoms with Gasteiger partial charge in [-0.25, -0.2) is 0 Å². The maximum atomic E-state index is 10.5. The number of hydrogen-bond acceptors (Lipinski definition) is 4. The lowest BCUT2D eigenvalue weighted by atomic mass is 9.64. The Labute approximate surface area is 121 Å². The zero-order valence-corrected chi connectivity index (χ0v) is 13.2. The molecule has 3 atom stereocenters. The topological polar surface area (TPSA) is 54.6 Å². The van der Waals surface area contributed by atoms with Gasteiger partial charge in [0.2, 0.25) is 0 Å². The number of hydrogen-bond donors (Lipinski definition) is 2. The highest BCUT2D eigenvalue weighted by Crippen LogP contribution is 2.43. The van der Waals surface area contributed by atoms with Crippen LogP contribution < -0.4 is 5.32 Å². The van der Waals surface area contributed by atoms with Gasteiger partial charge in [-0.2, -0.15) is 0 Å². The first-order chi connectivity index (χ1) is 9.27. The van der Waals surface area contributed by atoms with E-state index in [1.54, 1.807) is 6.92 Å². The Morgan fingerprint density at radius 3 is 2.70 bits per heavy atom. The molecule has 114 valence electrons. The largest absolute Gasteiger partial charge is 0.463 e. The van der Waals surface area contributed by atoms with Crippen LogP contribution in [-0.4, -0.2) is 30.4 Å². The summed E-state index contributed by atoms with van der Waals surface area (Å²) in [6.07, 6.45) is 1.30. The third kappa shape index (κ3) is 2.92. The average molecular weight is 281 g/mol. The molecule has 1 heterocycles. The van der Waals surface area contributed by atoms with Gasteiger partial charge < -0.3 is 19.6 Å². The molecule has 1 aromatic heterocycles. The Kier molecular flexibility index (Phi) is 4.28. The number of aryl methyl sites for hydroxylation is 1. The third-order valence-corrected chi connectivity index (χ3v) is 4.51. The van der Waals surface area contributed by atoms with Gasteiger partial charge in [0.15, 0.2) is 0 Å². The molecule has 0 saturated heterocycles. The molecule has 0 aliphatic heterocycles. The smallest absolute Gasteiger partial charge is 0.136 e. The summed E-state index contributed by atoms with van der Waals surface area (Å²) < 4.78 is 11.3. The molecule has 3 unspecified atom stereocenters. The van der Waals surface area contributed by atoms with E-state index >= 15 is 0 Å². The summed E-state index contributed by atoms with van der Waals surface area (Å²) in [5.41, 5.74) is -0.883. The second-order valence-corrected chi connectivity index (χ2v) is 6.62. The molecule has 4 heteroatoms. The van der Waals surface area contributed by atoms with Crippen molar-refractivity contribution >= 4 is 0 Å². The number of aliphatic hydroxyl groups is 1. The van der Waals surface area contributed by atoms with E-state index in [9.17, 15) is 5.11 Å². The van der Waals surface area contributed by atoms with E-state index in [2.05, 4.69) is 19.2 Å². The van der Waals surface area contributed by atoms with Crippen molar-refractivity contribution in [2.75, 3.05) is 13.2 Å². The Balaban J connectivity index is 1.90. The summed E-state index contributed by atoms with van der Waals surface area (Å²) in [4.78, 5) is 0. The lowest BCUT2D eigenvalue weighted by Gasteiger charge is -2.52. The van der Waals surface area contributed by atoms with Gasteiger partial charge in [0, 0.05) is 24.6 Å². The van der Waals surface area contributed by atoms with Gasteiger partial charge in [-0.05, 0) is 39.3 Å². The first-order valence-electron chi connectivity index (χ1n) is 7.41. The van der Waals surface area contributed by atoms with Crippen LogP contribution >= 0.6 is 0 Å². The molecule has 0 amide bonds. The number of nitrogens with one attached hydrogen (secondary N) is 1. The van der Waals surface area contributed by atoms with Crippen LogP contribution in [0.3, 0.4) is 0 Å². The molecular weight excluding hydrogens is 254 g/mol. The average Bonchev–Trinajstić information content (AvgIpc) is 2.80. The summed E-state index contributed by atoms with van der Waals surface area (Å²) >= 11 is 0.